The predicted octanol–water partition coefficient (Wildman–Crippen LogP) is 2.72. The molecule has 18 heavy (non-hydrogen) atoms. The molecule has 100 valence electrons. The Morgan fingerprint density at radius 3 is 2.72 bits per heavy atom. The molecule has 0 aromatic heterocycles. The second-order valence-electron chi connectivity index (χ2n) is 3.80. The minimum atomic E-state index is -0.227. The van der Waals surface area contributed by atoms with Gasteiger partial charge in [-0.2, -0.15) is 0 Å². The number of rotatable bonds is 5. The van der Waals surface area contributed by atoms with Gasteiger partial charge in [-0.3, -0.25) is 4.79 Å². The molecule has 1 rings (SSSR count). The summed E-state index contributed by atoms with van der Waals surface area (Å²) in [5.74, 6) is 0.278. The van der Waals surface area contributed by atoms with Gasteiger partial charge in [-0.15, -0.1) is 0 Å². The quantitative estimate of drug-likeness (QED) is 0.796. The number of halogens is 2. The SMILES string of the molecule is COC[C@H](C)NC(=O)c1cc(Cl)c(I)cc1OC. The number of benzene rings is 1. The van der Waals surface area contributed by atoms with Crippen molar-refractivity contribution < 1.29 is 14.3 Å². The maximum Gasteiger partial charge on any atom is 0.255 e. The predicted molar refractivity (Wildman–Crippen MR) is 79.5 cm³/mol. The van der Waals surface area contributed by atoms with Crippen LogP contribution in [-0.4, -0.2) is 32.8 Å². The van der Waals surface area contributed by atoms with E-state index in [1.807, 2.05) is 6.92 Å². The van der Waals surface area contributed by atoms with Gasteiger partial charge < -0.3 is 14.8 Å². The van der Waals surface area contributed by atoms with Crippen LogP contribution in [0.15, 0.2) is 12.1 Å². The van der Waals surface area contributed by atoms with Crippen molar-refractivity contribution in [1.29, 1.82) is 0 Å². The number of hydrogen-bond acceptors (Lipinski definition) is 3. The smallest absolute Gasteiger partial charge is 0.255 e. The summed E-state index contributed by atoms with van der Waals surface area (Å²) >= 11 is 8.11. The first-order chi connectivity index (χ1) is 8.49. The van der Waals surface area contributed by atoms with E-state index in [1.165, 1.54) is 7.11 Å². The molecule has 0 saturated heterocycles. The molecular formula is C12H15ClINO3. The first-order valence-corrected chi connectivity index (χ1v) is 6.78. The van der Waals surface area contributed by atoms with E-state index >= 15 is 0 Å². The number of carbonyl (C=O) groups is 1. The minimum absolute atomic E-state index is 0.0785. The molecule has 0 fully saturated rings. The van der Waals surface area contributed by atoms with Crippen molar-refractivity contribution in [2.45, 2.75) is 13.0 Å². The van der Waals surface area contributed by atoms with Crippen LogP contribution in [0.25, 0.3) is 0 Å². The number of methoxy groups -OCH3 is 2. The Morgan fingerprint density at radius 2 is 2.17 bits per heavy atom. The molecule has 0 radical (unpaired) electrons. The lowest BCUT2D eigenvalue weighted by molar-refractivity contribution is 0.0902. The molecule has 1 aromatic rings. The summed E-state index contributed by atoms with van der Waals surface area (Å²) in [5.41, 5.74) is 0.422. The number of nitrogens with one attached hydrogen (secondary N) is 1. The summed E-state index contributed by atoms with van der Waals surface area (Å²) in [6, 6.07) is 3.26. The second kappa shape index (κ2) is 7.16. The van der Waals surface area contributed by atoms with Gasteiger partial charge in [0, 0.05) is 16.7 Å². The normalized spacial score (nSPS) is 12.1. The highest BCUT2D eigenvalue weighted by molar-refractivity contribution is 14.1. The lowest BCUT2D eigenvalue weighted by Gasteiger charge is -2.15. The molecule has 1 N–H and O–H groups in total. The van der Waals surface area contributed by atoms with Crippen molar-refractivity contribution in [2.24, 2.45) is 0 Å². The van der Waals surface area contributed by atoms with E-state index in [-0.39, 0.29) is 11.9 Å². The molecule has 6 heteroatoms. The molecule has 0 aliphatic heterocycles. The standard InChI is InChI=1S/C12H15ClINO3/c1-7(6-17-2)15-12(16)8-4-9(13)10(14)5-11(8)18-3/h4-5,7H,6H2,1-3H3,(H,15,16)/t7-/m0/s1. The molecular weight excluding hydrogens is 368 g/mol. The van der Waals surface area contributed by atoms with Crippen molar-refractivity contribution in [1.82, 2.24) is 5.32 Å². The molecule has 1 amide bonds. The van der Waals surface area contributed by atoms with Crippen LogP contribution >= 0.6 is 34.2 Å². The van der Waals surface area contributed by atoms with Gasteiger partial charge in [0.2, 0.25) is 0 Å². The third kappa shape index (κ3) is 4.00. The van der Waals surface area contributed by atoms with E-state index in [4.69, 9.17) is 21.1 Å². The Bertz CT molecular complexity index is 440. The first kappa shape index (κ1) is 15.5. The maximum absolute atomic E-state index is 12.1. The van der Waals surface area contributed by atoms with Crippen LogP contribution in [0.3, 0.4) is 0 Å². The molecule has 0 saturated carbocycles. The highest BCUT2D eigenvalue weighted by atomic mass is 127. The summed E-state index contributed by atoms with van der Waals surface area (Å²) < 4.78 is 11.0. The van der Waals surface area contributed by atoms with Crippen LogP contribution < -0.4 is 10.1 Å². The Kier molecular flexibility index (Phi) is 6.17. The van der Waals surface area contributed by atoms with Crippen LogP contribution in [0, 0.1) is 3.57 Å². The van der Waals surface area contributed by atoms with Crippen LogP contribution in [0.5, 0.6) is 5.75 Å². The molecule has 0 heterocycles. The molecule has 0 unspecified atom stereocenters. The van der Waals surface area contributed by atoms with Crippen LogP contribution in [0.4, 0.5) is 0 Å². The average molecular weight is 384 g/mol. The van der Waals surface area contributed by atoms with E-state index in [0.29, 0.717) is 22.9 Å². The van der Waals surface area contributed by atoms with E-state index in [2.05, 4.69) is 27.9 Å². The zero-order valence-electron chi connectivity index (χ0n) is 10.4. The lowest BCUT2D eigenvalue weighted by atomic mass is 10.1. The summed E-state index contributed by atoms with van der Waals surface area (Å²) in [6.45, 7) is 2.31. The van der Waals surface area contributed by atoms with E-state index in [9.17, 15) is 4.79 Å². The van der Waals surface area contributed by atoms with Gasteiger partial charge in [0.25, 0.3) is 5.91 Å². The molecule has 1 atom stereocenters. The summed E-state index contributed by atoms with van der Waals surface area (Å²) in [6.07, 6.45) is 0. The van der Waals surface area contributed by atoms with E-state index < -0.39 is 0 Å². The van der Waals surface area contributed by atoms with Gasteiger partial charge in [-0.1, -0.05) is 11.6 Å². The molecule has 4 nitrogen and oxygen atoms in total. The average Bonchev–Trinajstić information content (AvgIpc) is 2.32. The molecule has 0 spiro atoms. The molecule has 0 aliphatic carbocycles. The molecule has 0 aliphatic rings. The Morgan fingerprint density at radius 1 is 1.50 bits per heavy atom. The Balaban J connectivity index is 2.94. The number of ether oxygens (including phenoxy) is 2. The fraction of sp³-hybridized carbons (Fsp3) is 0.417. The van der Waals surface area contributed by atoms with Crippen molar-refractivity contribution in [3.05, 3.63) is 26.3 Å². The lowest BCUT2D eigenvalue weighted by Crippen LogP contribution is -2.35. The van der Waals surface area contributed by atoms with Gasteiger partial charge >= 0.3 is 0 Å². The summed E-state index contributed by atoms with van der Waals surface area (Å²) in [7, 11) is 3.11. The van der Waals surface area contributed by atoms with E-state index in [0.717, 1.165) is 3.57 Å². The maximum atomic E-state index is 12.1. The zero-order chi connectivity index (χ0) is 13.7. The highest BCUT2D eigenvalue weighted by Gasteiger charge is 2.16. The Labute approximate surface area is 125 Å². The molecule has 1 aromatic carbocycles. The third-order valence-electron chi connectivity index (χ3n) is 2.28. The number of carbonyl (C=O) groups excluding carboxylic acids is 1. The second-order valence-corrected chi connectivity index (χ2v) is 5.37. The third-order valence-corrected chi connectivity index (χ3v) is 3.81. The molecule has 0 bridgehead atoms. The van der Waals surface area contributed by atoms with Gasteiger partial charge in [0.05, 0.1) is 24.3 Å². The topological polar surface area (TPSA) is 47.6 Å². The van der Waals surface area contributed by atoms with Gasteiger partial charge in [0.15, 0.2) is 0 Å². The fourth-order valence-electron chi connectivity index (χ4n) is 1.47. The minimum Gasteiger partial charge on any atom is -0.496 e. The monoisotopic (exact) mass is 383 g/mol. The summed E-state index contributed by atoms with van der Waals surface area (Å²) in [4.78, 5) is 12.1. The van der Waals surface area contributed by atoms with Crippen molar-refractivity contribution >= 4 is 40.1 Å². The van der Waals surface area contributed by atoms with Crippen LogP contribution in [0.2, 0.25) is 5.02 Å². The van der Waals surface area contributed by atoms with Crippen molar-refractivity contribution in [2.75, 3.05) is 20.8 Å². The van der Waals surface area contributed by atoms with Crippen LogP contribution in [-0.2, 0) is 4.74 Å². The van der Waals surface area contributed by atoms with Crippen molar-refractivity contribution in [3.63, 3.8) is 0 Å². The number of hydrogen-bond donors (Lipinski definition) is 1. The Hall–Kier alpha value is -0.530. The number of amides is 1. The van der Waals surface area contributed by atoms with Crippen LogP contribution in [0.1, 0.15) is 17.3 Å². The van der Waals surface area contributed by atoms with Crippen molar-refractivity contribution in [3.8, 4) is 5.75 Å². The largest absolute Gasteiger partial charge is 0.496 e. The zero-order valence-corrected chi connectivity index (χ0v) is 13.3. The summed E-state index contributed by atoms with van der Waals surface area (Å²) in [5, 5.41) is 3.34. The van der Waals surface area contributed by atoms with E-state index in [1.54, 1.807) is 19.2 Å². The highest BCUT2D eigenvalue weighted by Crippen LogP contribution is 2.28. The van der Waals surface area contributed by atoms with Gasteiger partial charge in [-0.25, -0.2) is 0 Å². The van der Waals surface area contributed by atoms with Gasteiger partial charge in [-0.05, 0) is 41.6 Å². The fourth-order valence-corrected chi connectivity index (χ4v) is 2.07. The van der Waals surface area contributed by atoms with Gasteiger partial charge in [0.1, 0.15) is 5.75 Å². The first-order valence-electron chi connectivity index (χ1n) is 5.32.